The van der Waals surface area contributed by atoms with Gasteiger partial charge < -0.3 is 15.2 Å². The van der Waals surface area contributed by atoms with Gasteiger partial charge in [-0.3, -0.25) is 4.79 Å². The van der Waals surface area contributed by atoms with Gasteiger partial charge in [-0.2, -0.15) is 0 Å². The Bertz CT molecular complexity index is 969. The molecule has 0 aliphatic heterocycles. The number of benzene rings is 3. The van der Waals surface area contributed by atoms with Gasteiger partial charge in [0.1, 0.15) is 6.10 Å². The average molecular weight is 377 g/mol. The molecule has 0 bridgehead atoms. The van der Waals surface area contributed by atoms with Gasteiger partial charge in [0.05, 0.1) is 6.10 Å². The van der Waals surface area contributed by atoms with E-state index in [1.807, 2.05) is 36.4 Å². The summed E-state index contributed by atoms with van der Waals surface area (Å²) in [4.78, 5) is 25.2. The first-order valence-corrected chi connectivity index (χ1v) is 9.19. The Kier molecular flexibility index (Phi) is 6.06. The van der Waals surface area contributed by atoms with E-state index in [4.69, 9.17) is 4.74 Å². The molecule has 144 valence electrons. The maximum Gasteiger partial charge on any atom is 0.332 e. The highest BCUT2D eigenvalue weighted by atomic mass is 16.5. The van der Waals surface area contributed by atoms with Crippen molar-refractivity contribution < 1.29 is 19.4 Å². The number of amides is 1. The minimum atomic E-state index is -1.25. The lowest BCUT2D eigenvalue weighted by Gasteiger charge is -2.24. The molecule has 0 aliphatic rings. The van der Waals surface area contributed by atoms with Gasteiger partial charge in [-0.15, -0.1) is 0 Å². The van der Waals surface area contributed by atoms with Crippen molar-refractivity contribution in [3.63, 3.8) is 0 Å². The number of hydrogen-bond acceptors (Lipinski definition) is 4. The van der Waals surface area contributed by atoms with Gasteiger partial charge >= 0.3 is 5.97 Å². The Morgan fingerprint density at radius 2 is 1.54 bits per heavy atom. The molecule has 0 aliphatic carbocycles. The van der Waals surface area contributed by atoms with Crippen molar-refractivity contribution in [1.82, 2.24) is 5.32 Å². The second kappa shape index (κ2) is 8.67. The maximum absolute atomic E-state index is 12.6. The summed E-state index contributed by atoms with van der Waals surface area (Å²) in [5, 5.41) is 15.5. The summed E-state index contributed by atoms with van der Waals surface area (Å²) in [6.07, 6.45) is -1.61. The van der Waals surface area contributed by atoms with Gasteiger partial charge in [0.2, 0.25) is 0 Å². The Morgan fingerprint density at radius 1 is 0.893 bits per heavy atom. The average Bonchev–Trinajstić information content (AvgIpc) is 2.71. The van der Waals surface area contributed by atoms with E-state index in [0.717, 1.165) is 10.8 Å². The normalized spacial score (nSPS) is 13.1. The van der Waals surface area contributed by atoms with Crippen molar-refractivity contribution in [2.45, 2.75) is 32.1 Å². The van der Waals surface area contributed by atoms with Crippen LogP contribution in [0.3, 0.4) is 0 Å². The lowest BCUT2D eigenvalue weighted by Crippen LogP contribution is -2.46. The molecule has 3 rings (SSSR count). The summed E-state index contributed by atoms with van der Waals surface area (Å²) in [6.45, 7) is 3.44. The third-order valence-corrected chi connectivity index (χ3v) is 4.36. The van der Waals surface area contributed by atoms with Crippen LogP contribution in [-0.4, -0.2) is 29.1 Å². The summed E-state index contributed by atoms with van der Waals surface area (Å²) >= 11 is 0. The van der Waals surface area contributed by atoms with Crippen molar-refractivity contribution >= 4 is 22.6 Å². The van der Waals surface area contributed by atoms with E-state index in [9.17, 15) is 14.7 Å². The molecule has 3 aromatic rings. The van der Waals surface area contributed by atoms with Crippen LogP contribution in [0.25, 0.3) is 10.8 Å². The number of aliphatic hydroxyl groups is 1. The largest absolute Gasteiger partial charge is 0.461 e. The molecule has 5 nitrogen and oxygen atoms in total. The van der Waals surface area contributed by atoms with Gasteiger partial charge in [0, 0.05) is 5.56 Å². The van der Waals surface area contributed by atoms with Gasteiger partial charge in [-0.05, 0) is 48.4 Å². The first-order chi connectivity index (χ1) is 13.5. The first-order valence-electron chi connectivity index (χ1n) is 9.19. The first kappa shape index (κ1) is 19.6. The molecule has 0 spiro atoms. The summed E-state index contributed by atoms with van der Waals surface area (Å²) in [5.41, 5.74) is 0.924. The monoisotopic (exact) mass is 377 g/mol. The minimum absolute atomic E-state index is 0.368. The molecule has 28 heavy (non-hydrogen) atoms. The van der Waals surface area contributed by atoms with Crippen molar-refractivity contribution in [2.75, 3.05) is 0 Å². The topological polar surface area (TPSA) is 75.6 Å². The maximum atomic E-state index is 12.6. The quantitative estimate of drug-likeness (QED) is 0.644. The van der Waals surface area contributed by atoms with Crippen molar-refractivity contribution in [1.29, 1.82) is 0 Å². The molecule has 3 aromatic carbocycles. The van der Waals surface area contributed by atoms with Crippen LogP contribution in [0.15, 0.2) is 72.8 Å². The second-order valence-electron chi connectivity index (χ2n) is 6.85. The molecule has 0 fully saturated rings. The van der Waals surface area contributed by atoms with Crippen LogP contribution >= 0.6 is 0 Å². The van der Waals surface area contributed by atoms with E-state index < -0.39 is 24.0 Å². The van der Waals surface area contributed by atoms with Gasteiger partial charge in [0.25, 0.3) is 5.91 Å². The summed E-state index contributed by atoms with van der Waals surface area (Å²) in [6, 6.07) is 20.5. The van der Waals surface area contributed by atoms with E-state index in [-0.39, 0.29) is 6.10 Å². The Hall–Kier alpha value is -3.18. The zero-order chi connectivity index (χ0) is 20.1. The Balaban J connectivity index is 1.90. The van der Waals surface area contributed by atoms with E-state index in [0.29, 0.717) is 11.1 Å². The summed E-state index contributed by atoms with van der Waals surface area (Å²) in [7, 11) is 0. The molecule has 0 saturated carbocycles. The van der Waals surface area contributed by atoms with Gasteiger partial charge in [-0.1, -0.05) is 54.6 Å². The van der Waals surface area contributed by atoms with E-state index in [1.165, 1.54) is 0 Å². The molecule has 2 unspecified atom stereocenters. The van der Waals surface area contributed by atoms with Crippen LogP contribution in [-0.2, 0) is 9.53 Å². The van der Waals surface area contributed by atoms with E-state index in [1.54, 1.807) is 50.2 Å². The number of rotatable bonds is 6. The number of nitrogens with one attached hydrogen (secondary N) is 1. The number of carbonyl (C=O) groups excluding carboxylic acids is 2. The minimum Gasteiger partial charge on any atom is -0.461 e. The molecular weight excluding hydrogens is 354 g/mol. The molecule has 0 saturated heterocycles. The molecular formula is C23H23NO4. The lowest BCUT2D eigenvalue weighted by atomic mass is 9.98. The van der Waals surface area contributed by atoms with Crippen LogP contribution in [0.5, 0.6) is 0 Å². The van der Waals surface area contributed by atoms with Crippen LogP contribution in [0.2, 0.25) is 0 Å². The number of aliphatic hydroxyl groups excluding tert-OH is 1. The zero-order valence-corrected chi connectivity index (χ0v) is 15.8. The van der Waals surface area contributed by atoms with Gasteiger partial charge in [0.15, 0.2) is 6.04 Å². The van der Waals surface area contributed by atoms with E-state index >= 15 is 0 Å². The Labute approximate surface area is 164 Å². The molecule has 2 atom stereocenters. The number of hydrogen-bond donors (Lipinski definition) is 2. The predicted molar refractivity (Wildman–Crippen MR) is 108 cm³/mol. The van der Waals surface area contributed by atoms with Crippen LogP contribution < -0.4 is 5.32 Å². The lowest BCUT2D eigenvalue weighted by molar-refractivity contribution is -0.152. The third-order valence-electron chi connectivity index (χ3n) is 4.36. The van der Waals surface area contributed by atoms with Crippen molar-refractivity contribution in [2.24, 2.45) is 0 Å². The molecule has 0 heterocycles. The molecule has 0 radical (unpaired) electrons. The Morgan fingerprint density at radius 3 is 2.21 bits per heavy atom. The van der Waals surface area contributed by atoms with Crippen LogP contribution in [0, 0.1) is 0 Å². The van der Waals surface area contributed by atoms with Crippen LogP contribution in [0.4, 0.5) is 0 Å². The number of esters is 1. The highest BCUT2D eigenvalue weighted by molar-refractivity contribution is 5.97. The van der Waals surface area contributed by atoms with Crippen molar-refractivity contribution in [3.05, 3.63) is 83.9 Å². The summed E-state index contributed by atoms with van der Waals surface area (Å²) < 4.78 is 5.27. The summed E-state index contributed by atoms with van der Waals surface area (Å²) in [5.74, 6) is -1.13. The predicted octanol–water partition coefficient (Wildman–Crippen LogP) is 3.62. The molecule has 0 aromatic heterocycles. The highest BCUT2D eigenvalue weighted by Crippen LogP contribution is 2.24. The van der Waals surface area contributed by atoms with E-state index in [2.05, 4.69) is 5.32 Å². The van der Waals surface area contributed by atoms with Crippen molar-refractivity contribution in [3.8, 4) is 0 Å². The highest BCUT2D eigenvalue weighted by Gasteiger charge is 2.32. The molecule has 2 N–H and O–H groups in total. The number of ether oxygens (including phenoxy) is 1. The zero-order valence-electron chi connectivity index (χ0n) is 15.8. The second-order valence-corrected chi connectivity index (χ2v) is 6.85. The smallest absolute Gasteiger partial charge is 0.332 e. The SMILES string of the molecule is CC(C)OC(=O)C(NC(=O)c1ccccc1)C(O)c1ccc2ccccc2c1. The number of fused-ring (bicyclic) bond motifs is 1. The standard InChI is InChI=1S/C23H23NO4/c1-15(2)28-23(27)20(24-22(26)17-9-4-3-5-10-17)21(25)19-13-12-16-8-6-7-11-18(16)14-19/h3-15,20-21,25H,1-2H3,(H,24,26). The molecule has 5 heteroatoms. The number of carbonyl (C=O) groups is 2. The van der Waals surface area contributed by atoms with Gasteiger partial charge in [-0.25, -0.2) is 4.79 Å². The fraction of sp³-hybridized carbons (Fsp3) is 0.217. The van der Waals surface area contributed by atoms with Crippen LogP contribution in [0.1, 0.15) is 35.9 Å². The fourth-order valence-corrected chi connectivity index (χ4v) is 2.97. The third kappa shape index (κ3) is 4.56. The fourth-order valence-electron chi connectivity index (χ4n) is 2.97. The molecule has 1 amide bonds.